The lowest BCUT2D eigenvalue weighted by Gasteiger charge is -2.16. The zero-order valence-corrected chi connectivity index (χ0v) is 11.8. The van der Waals surface area contributed by atoms with Crippen LogP contribution in [0.3, 0.4) is 0 Å². The average Bonchev–Trinajstić information content (AvgIpc) is 2.31. The van der Waals surface area contributed by atoms with Gasteiger partial charge in [-0.3, -0.25) is 9.59 Å². The van der Waals surface area contributed by atoms with E-state index in [1.807, 2.05) is 5.32 Å². The maximum absolute atomic E-state index is 11.9. The van der Waals surface area contributed by atoms with Crippen molar-refractivity contribution in [1.82, 2.24) is 10.6 Å². The molecule has 0 aliphatic heterocycles. The van der Waals surface area contributed by atoms with Crippen molar-refractivity contribution in [3.8, 4) is 0 Å². The van der Waals surface area contributed by atoms with Gasteiger partial charge in [0.05, 0.1) is 13.0 Å². The number of hydrogen-bond acceptors (Lipinski definition) is 3. The Morgan fingerprint density at radius 3 is 2.14 bits per heavy atom. The second-order valence-corrected chi connectivity index (χ2v) is 4.98. The molecule has 0 bridgehead atoms. The molecule has 0 heterocycles. The number of hydrogen-bond donors (Lipinski definition) is 3. The lowest BCUT2D eigenvalue weighted by Crippen LogP contribution is -2.46. The van der Waals surface area contributed by atoms with Crippen LogP contribution in [-0.4, -0.2) is 41.7 Å². The average molecular weight is 312 g/mol. The summed E-state index contributed by atoms with van der Waals surface area (Å²) >= 11 is 0. The molecule has 0 aromatic heterocycles. The third-order valence-corrected chi connectivity index (χ3v) is 2.42. The number of carbonyl (C=O) groups excluding carboxylic acids is 2. The minimum Gasteiger partial charge on any atom is -0.480 e. The molecule has 0 aromatic carbocycles. The lowest BCUT2D eigenvalue weighted by atomic mass is 10.0. The lowest BCUT2D eigenvalue weighted by molar-refractivity contribution is -0.144. The van der Waals surface area contributed by atoms with Crippen LogP contribution in [0, 0.1) is 5.92 Å². The number of aliphatic carboxylic acids is 1. The predicted octanol–water partition coefficient (Wildman–Crippen LogP) is 1.06. The topological polar surface area (TPSA) is 95.5 Å². The Morgan fingerprint density at radius 2 is 1.71 bits per heavy atom. The normalized spacial score (nSPS) is 12.9. The van der Waals surface area contributed by atoms with Gasteiger partial charge in [-0.25, -0.2) is 4.79 Å². The number of alkyl halides is 3. The van der Waals surface area contributed by atoms with Gasteiger partial charge in [0.15, 0.2) is 0 Å². The van der Waals surface area contributed by atoms with Gasteiger partial charge in [0, 0.05) is 6.42 Å². The Morgan fingerprint density at radius 1 is 1.14 bits per heavy atom. The first kappa shape index (κ1) is 19.2. The van der Waals surface area contributed by atoms with Crippen LogP contribution in [0.15, 0.2) is 0 Å². The van der Waals surface area contributed by atoms with E-state index in [9.17, 15) is 27.6 Å². The Balaban J connectivity index is 4.13. The molecule has 0 spiro atoms. The zero-order valence-electron chi connectivity index (χ0n) is 11.8. The first-order valence-corrected chi connectivity index (χ1v) is 6.37. The molecule has 0 saturated heterocycles. The van der Waals surface area contributed by atoms with Crippen LogP contribution in [0.4, 0.5) is 13.2 Å². The number of carbonyl (C=O) groups is 3. The Hall–Kier alpha value is -1.80. The van der Waals surface area contributed by atoms with Crippen LogP contribution in [-0.2, 0) is 14.4 Å². The quantitative estimate of drug-likeness (QED) is 0.624. The van der Waals surface area contributed by atoms with Crippen LogP contribution >= 0.6 is 0 Å². The van der Waals surface area contributed by atoms with E-state index in [1.165, 1.54) is 0 Å². The summed E-state index contributed by atoms with van der Waals surface area (Å²) in [5.41, 5.74) is 0. The van der Waals surface area contributed by atoms with Gasteiger partial charge in [-0.1, -0.05) is 13.8 Å². The van der Waals surface area contributed by atoms with Gasteiger partial charge < -0.3 is 15.7 Å². The number of carboxylic acids is 1. The summed E-state index contributed by atoms with van der Waals surface area (Å²) in [6, 6.07) is -1.09. The molecule has 0 aliphatic rings. The highest BCUT2D eigenvalue weighted by molar-refractivity contribution is 5.87. The molecule has 2 amide bonds. The van der Waals surface area contributed by atoms with Gasteiger partial charge in [0.1, 0.15) is 6.04 Å². The molecule has 0 aromatic rings. The minimum atomic E-state index is -4.44. The van der Waals surface area contributed by atoms with Crippen molar-refractivity contribution in [2.75, 3.05) is 6.54 Å². The summed E-state index contributed by atoms with van der Waals surface area (Å²) < 4.78 is 35.6. The summed E-state index contributed by atoms with van der Waals surface area (Å²) in [4.78, 5) is 33.4. The fraction of sp³-hybridized carbons (Fsp3) is 0.750. The van der Waals surface area contributed by atoms with Crippen molar-refractivity contribution in [1.29, 1.82) is 0 Å². The van der Waals surface area contributed by atoms with Gasteiger partial charge in [-0.15, -0.1) is 0 Å². The van der Waals surface area contributed by atoms with Crippen LogP contribution in [0.5, 0.6) is 0 Å². The van der Waals surface area contributed by atoms with E-state index in [1.54, 1.807) is 13.8 Å². The van der Waals surface area contributed by atoms with Crippen molar-refractivity contribution in [3.05, 3.63) is 0 Å². The van der Waals surface area contributed by atoms with Crippen molar-refractivity contribution >= 4 is 17.8 Å². The smallest absolute Gasteiger partial charge is 0.389 e. The van der Waals surface area contributed by atoms with Crippen molar-refractivity contribution in [3.63, 3.8) is 0 Å². The summed E-state index contributed by atoms with van der Waals surface area (Å²) in [6.45, 7) is 3.00. The SMILES string of the molecule is CC(C)C[C@H](NC(=O)CNC(=O)CCC(F)(F)F)C(=O)O. The molecular formula is C12H19F3N2O4. The van der Waals surface area contributed by atoms with Crippen LogP contribution in [0.25, 0.3) is 0 Å². The monoisotopic (exact) mass is 312 g/mol. The van der Waals surface area contributed by atoms with Crippen molar-refractivity contribution < 1.29 is 32.7 Å². The Kier molecular flexibility index (Phi) is 7.75. The molecular weight excluding hydrogens is 293 g/mol. The largest absolute Gasteiger partial charge is 0.480 e. The predicted molar refractivity (Wildman–Crippen MR) is 67.3 cm³/mol. The molecule has 122 valence electrons. The van der Waals surface area contributed by atoms with E-state index in [2.05, 4.69) is 5.32 Å². The van der Waals surface area contributed by atoms with Gasteiger partial charge >= 0.3 is 12.1 Å². The van der Waals surface area contributed by atoms with E-state index < -0.39 is 49.4 Å². The zero-order chi connectivity index (χ0) is 16.6. The number of amides is 2. The van der Waals surface area contributed by atoms with Gasteiger partial charge in [-0.05, 0) is 12.3 Å². The van der Waals surface area contributed by atoms with Crippen LogP contribution < -0.4 is 10.6 Å². The van der Waals surface area contributed by atoms with Crippen LogP contribution in [0.2, 0.25) is 0 Å². The molecule has 0 unspecified atom stereocenters. The second-order valence-electron chi connectivity index (χ2n) is 4.98. The molecule has 0 fully saturated rings. The second kappa shape index (κ2) is 8.48. The maximum Gasteiger partial charge on any atom is 0.389 e. The third-order valence-electron chi connectivity index (χ3n) is 2.42. The highest BCUT2D eigenvalue weighted by Gasteiger charge is 2.28. The highest BCUT2D eigenvalue weighted by atomic mass is 19.4. The summed E-state index contributed by atoms with van der Waals surface area (Å²) in [7, 11) is 0. The molecule has 3 N–H and O–H groups in total. The number of nitrogens with one attached hydrogen (secondary N) is 2. The van der Waals surface area contributed by atoms with Crippen LogP contribution in [0.1, 0.15) is 33.1 Å². The molecule has 1 atom stereocenters. The third kappa shape index (κ3) is 10.6. The molecule has 0 aliphatic carbocycles. The highest BCUT2D eigenvalue weighted by Crippen LogP contribution is 2.20. The molecule has 6 nitrogen and oxygen atoms in total. The summed E-state index contributed by atoms with van der Waals surface area (Å²) in [5, 5.41) is 13.1. The summed E-state index contributed by atoms with van der Waals surface area (Å²) in [5.74, 6) is -2.85. The number of carboxylic acid groups (broad SMARTS) is 1. The van der Waals surface area contributed by atoms with Gasteiger partial charge in [0.2, 0.25) is 11.8 Å². The minimum absolute atomic E-state index is 0.0350. The maximum atomic E-state index is 11.9. The molecule has 0 saturated carbocycles. The first-order valence-electron chi connectivity index (χ1n) is 6.37. The van der Waals surface area contributed by atoms with Gasteiger partial charge in [-0.2, -0.15) is 13.2 Å². The van der Waals surface area contributed by atoms with E-state index >= 15 is 0 Å². The molecule has 9 heteroatoms. The van der Waals surface area contributed by atoms with Crippen molar-refractivity contribution in [2.24, 2.45) is 5.92 Å². The fourth-order valence-electron chi connectivity index (χ4n) is 1.46. The van der Waals surface area contributed by atoms with E-state index in [0.717, 1.165) is 0 Å². The molecule has 0 radical (unpaired) electrons. The number of rotatable bonds is 8. The van der Waals surface area contributed by atoms with E-state index in [-0.39, 0.29) is 12.3 Å². The van der Waals surface area contributed by atoms with Gasteiger partial charge in [0.25, 0.3) is 0 Å². The Labute approximate surface area is 120 Å². The molecule has 21 heavy (non-hydrogen) atoms. The van der Waals surface area contributed by atoms with Crippen molar-refractivity contribution in [2.45, 2.75) is 45.3 Å². The summed E-state index contributed by atoms with van der Waals surface area (Å²) in [6.07, 6.45) is -6.27. The molecule has 0 rings (SSSR count). The number of halogens is 3. The fourth-order valence-corrected chi connectivity index (χ4v) is 1.46. The first-order chi connectivity index (χ1) is 9.51. The van der Waals surface area contributed by atoms with E-state index in [0.29, 0.717) is 0 Å². The standard InChI is InChI=1S/C12H19F3N2O4/c1-7(2)5-8(11(20)21)17-10(19)6-16-9(18)3-4-12(13,14)15/h7-8H,3-6H2,1-2H3,(H,16,18)(H,17,19)(H,20,21)/t8-/m0/s1. The Bertz CT molecular complexity index is 383. The van der Waals surface area contributed by atoms with E-state index in [4.69, 9.17) is 5.11 Å².